The lowest BCUT2D eigenvalue weighted by molar-refractivity contribution is 0.0750. The molecule has 1 saturated heterocycles. The second-order valence-electron chi connectivity index (χ2n) is 5.54. The quantitative estimate of drug-likeness (QED) is 0.701. The highest BCUT2D eigenvalue weighted by molar-refractivity contribution is 7.17. The van der Waals surface area contributed by atoms with Crippen molar-refractivity contribution in [2.75, 3.05) is 31.1 Å². The third kappa shape index (κ3) is 2.97. The van der Waals surface area contributed by atoms with Gasteiger partial charge in [0, 0.05) is 48.7 Å². The van der Waals surface area contributed by atoms with Gasteiger partial charge in [-0.3, -0.25) is 4.79 Å². The molecule has 4 heterocycles. The minimum atomic E-state index is 0.102. The van der Waals surface area contributed by atoms with E-state index in [1.807, 2.05) is 34.8 Å². The number of piperazine rings is 1. The molecule has 8 heteroatoms. The summed E-state index contributed by atoms with van der Waals surface area (Å²) in [6.45, 7) is 5.03. The molecule has 0 aliphatic carbocycles. The third-order valence-electron chi connectivity index (χ3n) is 4.02. The topological polar surface area (TPSA) is 49.3 Å². The Morgan fingerprint density at radius 2 is 2.04 bits per heavy atom. The van der Waals surface area contributed by atoms with Crippen LogP contribution in [0.15, 0.2) is 28.4 Å². The highest BCUT2D eigenvalue weighted by Gasteiger charge is 2.26. The molecule has 0 radical (unpaired) electrons. The number of rotatable bonds is 3. The van der Waals surface area contributed by atoms with Crippen LogP contribution >= 0.6 is 34.0 Å². The number of carbonyl (C=O) groups is 1. The van der Waals surface area contributed by atoms with Gasteiger partial charge in [-0.2, -0.15) is 11.3 Å². The van der Waals surface area contributed by atoms with Crippen molar-refractivity contribution in [2.24, 2.45) is 0 Å². The molecule has 0 N–H and O–H groups in total. The van der Waals surface area contributed by atoms with E-state index >= 15 is 0 Å². The van der Waals surface area contributed by atoms with Gasteiger partial charge in [-0.05, 0) is 18.4 Å². The van der Waals surface area contributed by atoms with Gasteiger partial charge in [0.15, 0.2) is 5.13 Å². The first-order valence-corrected chi connectivity index (χ1v) is 10.3. The van der Waals surface area contributed by atoms with Crippen LogP contribution in [0.3, 0.4) is 0 Å². The van der Waals surface area contributed by atoms with Crippen molar-refractivity contribution in [3.05, 3.63) is 39.0 Å². The number of thiophene rings is 1. The van der Waals surface area contributed by atoms with Gasteiger partial charge in [0.2, 0.25) is 0 Å². The Balaban J connectivity index is 1.47. The number of aryl methyl sites for hydroxylation is 1. The second-order valence-corrected chi connectivity index (χ2v) is 8.19. The van der Waals surface area contributed by atoms with Crippen molar-refractivity contribution >= 4 is 45.0 Å². The van der Waals surface area contributed by atoms with Gasteiger partial charge in [-0.15, -0.1) is 22.7 Å². The zero-order valence-electron chi connectivity index (χ0n) is 13.1. The first-order valence-electron chi connectivity index (χ1n) is 7.66. The Kier molecular flexibility index (Phi) is 4.34. The predicted molar refractivity (Wildman–Crippen MR) is 100 cm³/mol. The van der Waals surface area contributed by atoms with Gasteiger partial charge in [0.25, 0.3) is 5.91 Å². The summed E-state index contributed by atoms with van der Waals surface area (Å²) in [5.41, 5.74) is 1.93. The fourth-order valence-corrected chi connectivity index (χ4v) is 5.16. The molecule has 0 bridgehead atoms. The lowest BCUT2D eigenvalue weighted by atomic mass is 10.3. The molecule has 1 aliphatic heterocycles. The smallest absolute Gasteiger partial charge is 0.265 e. The van der Waals surface area contributed by atoms with Crippen molar-refractivity contribution in [3.8, 4) is 10.6 Å². The van der Waals surface area contributed by atoms with Gasteiger partial charge < -0.3 is 9.80 Å². The van der Waals surface area contributed by atoms with Crippen molar-refractivity contribution in [1.82, 2.24) is 14.9 Å². The Labute approximate surface area is 152 Å². The van der Waals surface area contributed by atoms with Crippen LogP contribution in [-0.2, 0) is 0 Å². The van der Waals surface area contributed by atoms with Gasteiger partial charge in [0.1, 0.15) is 9.88 Å². The number of aromatic nitrogens is 2. The minimum Gasteiger partial charge on any atom is -0.345 e. The van der Waals surface area contributed by atoms with Gasteiger partial charge in [-0.25, -0.2) is 9.97 Å². The molecule has 1 fully saturated rings. The normalized spacial score (nSPS) is 15.0. The molecule has 1 amide bonds. The number of hydrogen-bond donors (Lipinski definition) is 0. The molecule has 1 aliphatic rings. The maximum Gasteiger partial charge on any atom is 0.265 e. The van der Waals surface area contributed by atoms with Crippen molar-refractivity contribution < 1.29 is 4.79 Å². The summed E-state index contributed by atoms with van der Waals surface area (Å²) in [6.07, 6.45) is 1.82. The number of hydrogen-bond acceptors (Lipinski definition) is 7. The maximum absolute atomic E-state index is 12.9. The summed E-state index contributed by atoms with van der Waals surface area (Å²) >= 11 is 4.79. The van der Waals surface area contributed by atoms with E-state index in [-0.39, 0.29) is 5.91 Å². The summed E-state index contributed by atoms with van der Waals surface area (Å²) in [6, 6.07) is 2.05. The van der Waals surface area contributed by atoms with Gasteiger partial charge >= 0.3 is 0 Å². The zero-order valence-corrected chi connectivity index (χ0v) is 15.6. The zero-order chi connectivity index (χ0) is 16.5. The van der Waals surface area contributed by atoms with E-state index in [2.05, 4.69) is 20.2 Å². The number of thiazole rings is 2. The molecular weight excluding hydrogens is 360 g/mol. The third-order valence-corrected chi connectivity index (χ3v) is 6.73. The Bertz CT molecular complexity index is 818. The van der Waals surface area contributed by atoms with Crippen LogP contribution in [0.2, 0.25) is 0 Å². The standard InChI is InChI=1S/C16H16N4OS3/c1-11-13(24-14(18-11)12-2-8-22-10-12)15(21)19-4-6-20(7-5-19)16-17-3-9-23-16/h2-3,8-10H,4-7H2,1H3. The van der Waals surface area contributed by atoms with Crippen LogP contribution in [0.25, 0.3) is 10.6 Å². The average Bonchev–Trinajstić information content (AvgIpc) is 3.35. The highest BCUT2D eigenvalue weighted by atomic mass is 32.1. The Hall–Kier alpha value is -1.77. The minimum absolute atomic E-state index is 0.102. The van der Waals surface area contributed by atoms with E-state index in [0.717, 1.165) is 52.5 Å². The van der Waals surface area contributed by atoms with Crippen LogP contribution in [-0.4, -0.2) is 47.0 Å². The first-order chi connectivity index (χ1) is 11.7. The highest BCUT2D eigenvalue weighted by Crippen LogP contribution is 2.30. The van der Waals surface area contributed by atoms with Crippen LogP contribution in [0.4, 0.5) is 5.13 Å². The molecule has 0 aromatic carbocycles. The van der Waals surface area contributed by atoms with E-state index in [0.29, 0.717) is 0 Å². The fourth-order valence-electron chi connectivity index (χ4n) is 2.72. The predicted octanol–water partition coefficient (Wildman–Crippen LogP) is 3.60. The summed E-state index contributed by atoms with van der Waals surface area (Å²) < 4.78 is 0. The van der Waals surface area contributed by atoms with Gasteiger partial charge in [0.05, 0.1) is 5.69 Å². The van der Waals surface area contributed by atoms with E-state index in [1.165, 1.54) is 11.3 Å². The largest absolute Gasteiger partial charge is 0.345 e. The first kappa shape index (κ1) is 15.7. The molecule has 124 valence electrons. The van der Waals surface area contributed by atoms with Gasteiger partial charge in [-0.1, -0.05) is 0 Å². The van der Waals surface area contributed by atoms with Crippen molar-refractivity contribution in [1.29, 1.82) is 0 Å². The van der Waals surface area contributed by atoms with Crippen LogP contribution in [0, 0.1) is 6.92 Å². The van der Waals surface area contributed by atoms with Crippen LogP contribution in [0.1, 0.15) is 15.4 Å². The molecular formula is C16H16N4OS3. The summed E-state index contributed by atoms with van der Waals surface area (Å²) in [4.78, 5) is 26.7. The lowest BCUT2D eigenvalue weighted by Gasteiger charge is -2.34. The number of anilines is 1. The van der Waals surface area contributed by atoms with E-state index in [4.69, 9.17) is 0 Å². The number of carbonyl (C=O) groups excluding carboxylic acids is 1. The molecule has 24 heavy (non-hydrogen) atoms. The number of amides is 1. The molecule has 0 saturated carbocycles. The summed E-state index contributed by atoms with van der Waals surface area (Å²) in [5.74, 6) is 0.102. The monoisotopic (exact) mass is 376 g/mol. The molecule has 0 atom stereocenters. The fraction of sp³-hybridized carbons (Fsp3) is 0.312. The summed E-state index contributed by atoms with van der Waals surface area (Å²) in [7, 11) is 0. The molecule has 5 nitrogen and oxygen atoms in total. The molecule has 3 aromatic rings. The Morgan fingerprint density at radius 1 is 1.21 bits per heavy atom. The van der Waals surface area contributed by atoms with Crippen molar-refractivity contribution in [2.45, 2.75) is 6.92 Å². The van der Waals surface area contributed by atoms with E-state index in [9.17, 15) is 4.79 Å². The van der Waals surface area contributed by atoms with E-state index in [1.54, 1.807) is 22.7 Å². The molecule has 0 unspecified atom stereocenters. The molecule has 3 aromatic heterocycles. The van der Waals surface area contributed by atoms with E-state index < -0.39 is 0 Å². The second kappa shape index (κ2) is 6.62. The lowest BCUT2D eigenvalue weighted by Crippen LogP contribution is -2.48. The molecule has 4 rings (SSSR count). The number of nitrogens with zero attached hydrogens (tertiary/aromatic N) is 4. The molecule has 0 spiro atoms. The Morgan fingerprint density at radius 3 is 2.71 bits per heavy atom. The average molecular weight is 377 g/mol. The summed E-state index contributed by atoms with van der Waals surface area (Å²) in [5, 5.41) is 8.05. The maximum atomic E-state index is 12.9. The van der Waals surface area contributed by atoms with Crippen LogP contribution < -0.4 is 4.90 Å². The SMILES string of the molecule is Cc1nc(-c2ccsc2)sc1C(=O)N1CCN(c2nccs2)CC1. The van der Waals surface area contributed by atoms with Crippen LogP contribution in [0.5, 0.6) is 0 Å². The van der Waals surface area contributed by atoms with Crippen molar-refractivity contribution in [3.63, 3.8) is 0 Å².